The predicted octanol–water partition coefficient (Wildman–Crippen LogP) is 0.244. The molecular weight excluding hydrogens is 206 g/mol. The summed E-state index contributed by atoms with van der Waals surface area (Å²) in [6, 6.07) is 8.79. The molecule has 0 aliphatic carbocycles. The van der Waals surface area contributed by atoms with Gasteiger partial charge in [0.15, 0.2) is 0 Å². The van der Waals surface area contributed by atoms with E-state index in [0.717, 1.165) is 0 Å². The molecule has 0 aromatic heterocycles. The molecule has 0 radical (unpaired) electrons. The average molecular weight is 217 g/mol. The molecule has 5 nitrogen and oxygen atoms in total. The van der Waals surface area contributed by atoms with Crippen LogP contribution < -0.4 is 5.32 Å². The molecule has 0 saturated carbocycles. The normalized spacial score (nSPS) is 14.9. The highest BCUT2D eigenvalue weighted by Crippen LogP contribution is 2.01. The van der Waals surface area contributed by atoms with Crippen LogP contribution in [0.5, 0.6) is 0 Å². The van der Waals surface area contributed by atoms with Gasteiger partial charge >= 0.3 is 0 Å². The summed E-state index contributed by atoms with van der Waals surface area (Å²) in [5.74, 6) is -0.203. The van der Waals surface area contributed by atoms with Gasteiger partial charge in [-0.05, 0) is 12.1 Å². The maximum absolute atomic E-state index is 11.7. The van der Waals surface area contributed by atoms with Crippen molar-refractivity contribution in [2.24, 2.45) is 4.99 Å². The number of hydrogen-bond acceptors (Lipinski definition) is 3. The van der Waals surface area contributed by atoms with Crippen molar-refractivity contribution in [3.63, 3.8) is 0 Å². The quantitative estimate of drug-likeness (QED) is 0.733. The van der Waals surface area contributed by atoms with Crippen molar-refractivity contribution in [1.29, 1.82) is 0 Å². The van der Waals surface area contributed by atoms with Gasteiger partial charge in [0.1, 0.15) is 6.54 Å². The predicted molar refractivity (Wildman–Crippen MR) is 59.0 cm³/mol. The molecule has 1 aromatic carbocycles. The lowest BCUT2D eigenvalue weighted by atomic mass is 10.2. The van der Waals surface area contributed by atoms with Gasteiger partial charge in [0.05, 0.1) is 0 Å². The molecule has 0 atom stereocenters. The van der Waals surface area contributed by atoms with Crippen LogP contribution in [-0.2, 0) is 4.79 Å². The van der Waals surface area contributed by atoms with Crippen molar-refractivity contribution in [2.45, 2.75) is 0 Å². The van der Waals surface area contributed by atoms with Crippen LogP contribution in [0.3, 0.4) is 0 Å². The van der Waals surface area contributed by atoms with E-state index in [0.29, 0.717) is 11.5 Å². The third-order valence-corrected chi connectivity index (χ3v) is 2.23. The largest absolute Gasteiger partial charge is 0.336 e. The van der Waals surface area contributed by atoms with Gasteiger partial charge in [0.2, 0.25) is 5.96 Å². The molecule has 0 fully saturated rings. The van der Waals surface area contributed by atoms with Crippen molar-refractivity contribution in [3.8, 4) is 0 Å². The highest BCUT2D eigenvalue weighted by atomic mass is 16.2. The lowest BCUT2D eigenvalue weighted by Gasteiger charge is -2.12. The van der Waals surface area contributed by atoms with Crippen molar-refractivity contribution in [3.05, 3.63) is 35.9 Å². The molecule has 0 saturated heterocycles. The second kappa shape index (κ2) is 4.14. The zero-order chi connectivity index (χ0) is 11.5. The summed E-state index contributed by atoms with van der Waals surface area (Å²) in [4.78, 5) is 28.0. The molecule has 16 heavy (non-hydrogen) atoms. The molecule has 82 valence electrons. The summed E-state index contributed by atoms with van der Waals surface area (Å²) in [5.41, 5.74) is 0.540. The maximum Gasteiger partial charge on any atom is 0.268 e. The topological polar surface area (TPSA) is 61.8 Å². The summed E-state index contributed by atoms with van der Waals surface area (Å²) < 4.78 is 0. The van der Waals surface area contributed by atoms with Crippen molar-refractivity contribution >= 4 is 17.8 Å². The van der Waals surface area contributed by atoms with Crippen LogP contribution in [0, 0.1) is 0 Å². The average Bonchev–Trinajstić information content (AvgIpc) is 2.59. The first-order chi connectivity index (χ1) is 7.66. The Morgan fingerprint density at radius 1 is 1.38 bits per heavy atom. The monoisotopic (exact) mass is 217 g/mol. The molecule has 1 heterocycles. The Morgan fingerprint density at radius 3 is 2.62 bits per heavy atom. The van der Waals surface area contributed by atoms with Gasteiger partial charge in [-0.2, -0.15) is 4.99 Å². The summed E-state index contributed by atoms with van der Waals surface area (Å²) in [6.07, 6.45) is 0. The van der Waals surface area contributed by atoms with E-state index in [4.69, 9.17) is 0 Å². The fraction of sp³-hybridized carbons (Fsp3) is 0.182. The maximum atomic E-state index is 11.7. The summed E-state index contributed by atoms with van der Waals surface area (Å²) >= 11 is 0. The smallest absolute Gasteiger partial charge is 0.268 e. The number of hydrogen-bond donors (Lipinski definition) is 1. The Balaban J connectivity index is 2.09. The van der Waals surface area contributed by atoms with Gasteiger partial charge in [0, 0.05) is 12.6 Å². The number of guanidine groups is 1. The van der Waals surface area contributed by atoms with Crippen LogP contribution in [0.15, 0.2) is 35.3 Å². The fourth-order valence-corrected chi connectivity index (χ4v) is 1.40. The van der Waals surface area contributed by atoms with Gasteiger partial charge < -0.3 is 4.90 Å². The fourth-order valence-electron chi connectivity index (χ4n) is 1.40. The van der Waals surface area contributed by atoms with Crippen molar-refractivity contribution in [2.75, 3.05) is 13.6 Å². The minimum atomic E-state index is -0.263. The van der Waals surface area contributed by atoms with Crippen LogP contribution in [-0.4, -0.2) is 36.3 Å². The third kappa shape index (κ3) is 2.08. The number of nitrogens with one attached hydrogen (secondary N) is 1. The van der Waals surface area contributed by atoms with Crippen molar-refractivity contribution < 1.29 is 9.59 Å². The van der Waals surface area contributed by atoms with Gasteiger partial charge in [-0.3, -0.25) is 14.9 Å². The first kappa shape index (κ1) is 10.4. The van der Waals surface area contributed by atoms with E-state index in [1.165, 1.54) is 0 Å². The molecular formula is C11H11N3O2. The Kier molecular flexibility index (Phi) is 2.68. The molecule has 2 amide bonds. The minimum Gasteiger partial charge on any atom is -0.336 e. The lowest BCUT2D eigenvalue weighted by molar-refractivity contribution is -0.116. The van der Waals surface area contributed by atoms with E-state index < -0.39 is 0 Å². The summed E-state index contributed by atoms with van der Waals surface area (Å²) in [6.45, 7) is 0.213. The second-order valence-corrected chi connectivity index (χ2v) is 3.51. The van der Waals surface area contributed by atoms with Crippen molar-refractivity contribution in [1.82, 2.24) is 10.2 Å². The molecule has 5 heteroatoms. The Hall–Kier alpha value is -2.17. The number of nitrogens with zero attached hydrogens (tertiary/aromatic N) is 2. The van der Waals surface area contributed by atoms with Gasteiger partial charge in [0.25, 0.3) is 11.8 Å². The van der Waals surface area contributed by atoms with E-state index in [1.54, 1.807) is 36.2 Å². The lowest BCUT2D eigenvalue weighted by Crippen LogP contribution is -2.39. The minimum absolute atomic E-state index is 0.213. The zero-order valence-electron chi connectivity index (χ0n) is 8.80. The number of carbonyl (C=O) groups excluding carboxylic acids is 2. The van der Waals surface area contributed by atoms with Gasteiger partial charge in [-0.1, -0.05) is 18.2 Å². The Morgan fingerprint density at radius 2 is 2.06 bits per heavy atom. The molecule has 1 N–H and O–H groups in total. The third-order valence-electron chi connectivity index (χ3n) is 2.23. The number of benzene rings is 1. The number of aliphatic imine (C=N–C) groups is 1. The first-order valence-electron chi connectivity index (χ1n) is 4.86. The van der Waals surface area contributed by atoms with E-state index in [1.807, 2.05) is 6.07 Å². The Bertz CT molecular complexity index is 454. The standard InChI is InChI=1S/C11H11N3O2/c1-14-7-9(15)12-11(14)13-10(16)8-5-3-2-4-6-8/h2-6H,7H2,1H3,(H,12,13,15,16). The molecule has 1 aromatic rings. The number of amides is 2. The first-order valence-corrected chi connectivity index (χ1v) is 4.86. The van der Waals surface area contributed by atoms with E-state index in [2.05, 4.69) is 10.3 Å². The number of rotatable bonds is 1. The summed E-state index contributed by atoms with van der Waals surface area (Å²) in [5, 5.41) is 2.59. The molecule has 1 aliphatic heterocycles. The zero-order valence-corrected chi connectivity index (χ0v) is 8.80. The Labute approximate surface area is 92.8 Å². The van der Waals surface area contributed by atoms with E-state index >= 15 is 0 Å². The van der Waals surface area contributed by atoms with Crippen LogP contribution in [0.25, 0.3) is 0 Å². The van der Waals surface area contributed by atoms with E-state index in [-0.39, 0.29) is 18.4 Å². The van der Waals surface area contributed by atoms with Crippen LogP contribution in [0.1, 0.15) is 10.4 Å². The molecule has 0 unspecified atom stereocenters. The van der Waals surface area contributed by atoms with Gasteiger partial charge in [-0.25, -0.2) is 0 Å². The summed E-state index contributed by atoms with van der Waals surface area (Å²) in [7, 11) is 1.70. The highest BCUT2D eigenvalue weighted by Gasteiger charge is 2.21. The van der Waals surface area contributed by atoms with Crippen LogP contribution in [0.2, 0.25) is 0 Å². The van der Waals surface area contributed by atoms with Crippen LogP contribution >= 0.6 is 0 Å². The number of carbonyl (C=O) groups is 2. The second-order valence-electron chi connectivity index (χ2n) is 3.51. The SMILES string of the molecule is CN1CC(=O)N=C1NC(=O)c1ccccc1. The number of likely N-dealkylation sites (N-methyl/N-ethyl adjacent to an activating group) is 1. The van der Waals surface area contributed by atoms with E-state index in [9.17, 15) is 9.59 Å². The molecule has 1 aliphatic rings. The van der Waals surface area contributed by atoms with Gasteiger partial charge in [-0.15, -0.1) is 0 Å². The highest BCUT2D eigenvalue weighted by molar-refractivity contribution is 6.10. The molecule has 2 rings (SSSR count). The molecule has 0 spiro atoms. The molecule has 0 bridgehead atoms. The van der Waals surface area contributed by atoms with Crippen LogP contribution in [0.4, 0.5) is 0 Å².